The van der Waals surface area contributed by atoms with Gasteiger partial charge in [0, 0.05) is 39.8 Å². The van der Waals surface area contributed by atoms with E-state index < -0.39 is 42.2 Å². The monoisotopic (exact) mass is 1120 g/mol. The van der Waals surface area contributed by atoms with Crippen molar-refractivity contribution in [3.05, 3.63) is 167 Å². The van der Waals surface area contributed by atoms with Crippen LogP contribution in [0.1, 0.15) is 175 Å². The van der Waals surface area contributed by atoms with Crippen molar-refractivity contribution < 1.29 is 39.9 Å². The van der Waals surface area contributed by atoms with Crippen molar-refractivity contribution in [2.45, 2.75) is 151 Å². The van der Waals surface area contributed by atoms with Gasteiger partial charge in [-0.05, 0) is 141 Å². The Morgan fingerprint density at radius 1 is 0.700 bits per heavy atom. The van der Waals surface area contributed by atoms with E-state index in [4.69, 9.17) is 16.8 Å². The number of rotatable bonds is 14. The second kappa shape index (κ2) is 20.6. The molecule has 0 bridgehead atoms. The van der Waals surface area contributed by atoms with Gasteiger partial charge >= 0.3 is 0 Å². The van der Waals surface area contributed by atoms with Crippen molar-refractivity contribution in [2.75, 3.05) is 0 Å². The number of benzene rings is 6. The standard InChI is InChI=1S/C65H74N3O.Pt/c1-15-64(13,16-2)54-27-23-28-55(65(14,17-3)18-4)59(54)46-30-31-57(43(9)34-46)68-58-29-22-26-51(60(58)67-62(68)53-39-47(41(5)6)38-52(42(7)8)61(53)69)48-35-49(37-50(36-48)63(10,11)12)56-40-45(32-33-66-56)44-24-20-19-21-25-44;/h19-34,36-42,69H,15-18H2,1-14H3;/q-1;/i9D3,19D,20D,21D,24D,25D,41D,42D;. The topological polar surface area (TPSA) is 50.9 Å². The van der Waals surface area contributed by atoms with E-state index in [-0.39, 0.29) is 77.8 Å². The van der Waals surface area contributed by atoms with E-state index in [0.29, 0.717) is 50.2 Å². The van der Waals surface area contributed by atoms with Crippen molar-refractivity contribution >= 4 is 11.0 Å². The summed E-state index contributed by atoms with van der Waals surface area (Å²) in [5.74, 6) is -2.49. The molecule has 0 fully saturated rings. The number of phenols is 1. The van der Waals surface area contributed by atoms with Crippen LogP contribution in [0.25, 0.3) is 72.7 Å². The molecule has 6 aromatic carbocycles. The molecule has 0 aliphatic rings. The van der Waals surface area contributed by atoms with Crippen LogP contribution in [0.3, 0.4) is 0 Å². The molecule has 4 nitrogen and oxygen atoms in total. The van der Waals surface area contributed by atoms with Crippen LogP contribution in [0.2, 0.25) is 0 Å². The predicted octanol–water partition coefficient (Wildman–Crippen LogP) is 18.3. The molecule has 0 saturated carbocycles. The van der Waals surface area contributed by atoms with Gasteiger partial charge < -0.3 is 5.11 Å². The van der Waals surface area contributed by atoms with Gasteiger partial charge in [-0.2, -0.15) is 0 Å². The summed E-state index contributed by atoms with van der Waals surface area (Å²) in [6.45, 7) is 23.8. The van der Waals surface area contributed by atoms with E-state index in [2.05, 4.69) is 86.6 Å². The molecule has 0 aliphatic carbocycles. The zero-order valence-corrected chi connectivity index (χ0v) is 45.4. The van der Waals surface area contributed by atoms with Gasteiger partial charge in [-0.1, -0.05) is 180 Å². The third-order valence-corrected chi connectivity index (χ3v) is 15.0. The molecule has 70 heavy (non-hydrogen) atoms. The number of phenolic OH excluding ortho intramolecular Hbond substituents is 1. The Morgan fingerprint density at radius 3 is 1.94 bits per heavy atom. The first-order valence-corrected chi connectivity index (χ1v) is 24.6. The average molecular weight is 1120 g/mol. The molecule has 2 heterocycles. The quantitative estimate of drug-likeness (QED) is 0.110. The summed E-state index contributed by atoms with van der Waals surface area (Å²) in [6.07, 6.45) is 5.06. The molecule has 0 spiro atoms. The van der Waals surface area contributed by atoms with Crippen molar-refractivity contribution in [1.82, 2.24) is 14.5 Å². The number of fused-ring (bicyclic) bond motifs is 1. The number of para-hydroxylation sites is 1. The molecule has 0 saturated heterocycles. The Morgan fingerprint density at radius 2 is 1.34 bits per heavy atom. The van der Waals surface area contributed by atoms with Gasteiger partial charge in [0.25, 0.3) is 0 Å². The number of imidazole rings is 1. The van der Waals surface area contributed by atoms with Gasteiger partial charge in [0.1, 0.15) is 11.6 Å². The summed E-state index contributed by atoms with van der Waals surface area (Å²) in [4.78, 5) is 10.2. The number of aromatic nitrogens is 3. The van der Waals surface area contributed by atoms with Gasteiger partial charge in [-0.25, -0.2) is 4.98 Å². The van der Waals surface area contributed by atoms with Crippen LogP contribution in [0.5, 0.6) is 5.75 Å². The van der Waals surface area contributed by atoms with Crippen LogP contribution < -0.4 is 0 Å². The molecule has 0 aliphatic heterocycles. The Bertz CT molecular complexity index is 3600. The summed E-state index contributed by atoms with van der Waals surface area (Å²) in [5, 5.41) is 12.5. The van der Waals surface area contributed by atoms with E-state index in [1.165, 1.54) is 11.1 Å². The minimum absolute atomic E-state index is 0. The second-order valence-corrected chi connectivity index (χ2v) is 20.7. The molecule has 8 rings (SSSR count). The minimum atomic E-state index is -2.66. The van der Waals surface area contributed by atoms with Gasteiger partial charge in [0.2, 0.25) is 0 Å². The van der Waals surface area contributed by atoms with E-state index >= 15 is 0 Å². The molecule has 5 heteroatoms. The summed E-state index contributed by atoms with van der Waals surface area (Å²) in [5.41, 5.74) is 9.40. The van der Waals surface area contributed by atoms with E-state index in [9.17, 15) is 12.0 Å². The molecule has 0 radical (unpaired) electrons. The third-order valence-electron chi connectivity index (χ3n) is 15.0. The van der Waals surface area contributed by atoms with Crippen molar-refractivity contribution in [1.29, 1.82) is 0 Å². The Balaban J connectivity index is 0.00000924. The van der Waals surface area contributed by atoms with Crippen molar-refractivity contribution in [2.24, 2.45) is 0 Å². The minimum Gasteiger partial charge on any atom is -0.507 e. The van der Waals surface area contributed by atoms with Crippen molar-refractivity contribution in [3.63, 3.8) is 0 Å². The molecular weight excluding hydrogens is 1030 g/mol. The number of hydrogen-bond donors (Lipinski definition) is 1. The number of aromatic hydroxyl groups is 1. The molecule has 0 atom stereocenters. The molecular formula is C65H74N3OPt-. The average Bonchev–Trinajstić information content (AvgIpc) is 3.80. The number of pyridine rings is 1. The van der Waals surface area contributed by atoms with Crippen LogP contribution in [-0.4, -0.2) is 19.6 Å². The number of hydrogen-bond acceptors (Lipinski definition) is 3. The Labute approximate surface area is 448 Å². The number of aryl methyl sites for hydroxylation is 1. The van der Waals surface area contributed by atoms with Crippen LogP contribution in [-0.2, 0) is 37.3 Å². The first-order valence-electron chi connectivity index (χ1n) is 29.6. The number of nitrogens with zero attached hydrogens (tertiary/aromatic N) is 3. The summed E-state index contributed by atoms with van der Waals surface area (Å²) >= 11 is 0. The van der Waals surface area contributed by atoms with E-state index in [0.717, 1.165) is 42.4 Å². The fourth-order valence-corrected chi connectivity index (χ4v) is 9.65. The van der Waals surface area contributed by atoms with Gasteiger partial charge in [0.05, 0.1) is 29.1 Å². The van der Waals surface area contributed by atoms with Crippen LogP contribution in [0, 0.1) is 12.9 Å². The Hall–Kier alpha value is -5.57. The SMILES string of the molecule is [2H]c1c([2H])c([2H])c(-c2ccnc(-c3[c-]c(-c4cccc5c4nc(-c4cc(C([2H])(C)C)cc(C([2H])(C)C)c4O)n5-c4ccc(-c5c(C(C)(CC)CC)cccc5C(C)(CC)CC)cc4C([2H])([2H])[2H])cc(C(C)(C)C)c3)c2)c([2H])c1[2H].[Pt]. The van der Waals surface area contributed by atoms with Gasteiger partial charge in [-0.3, -0.25) is 9.55 Å². The maximum absolute atomic E-state index is 12.5. The maximum atomic E-state index is 12.5. The van der Waals surface area contributed by atoms with Crippen molar-refractivity contribution in [3.8, 4) is 67.5 Å². The van der Waals surface area contributed by atoms with E-state index in [1.54, 1.807) is 62.7 Å². The molecule has 8 aromatic rings. The van der Waals surface area contributed by atoms with Crippen LogP contribution in [0.15, 0.2) is 127 Å². The molecule has 0 amide bonds. The summed E-state index contributed by atoms with van der Waals surface area (Å²) < 4.78 is 90.8. The first-order chi connectivity index (χ1) is 36.7. The van der Waals surface area contributed by atoms with Crippen LogP contribution in [0.4, 0.5) is 0 Å². The van der Waals surface area contributed by atoms with Crippen LogP contribution >= 0.6 is 0 Å². The smallest absolute Gasteiger partial charge is 0.148 e. The zero-order valence-electron chi connectivity index (χ0n) is 53.2. The second-order valence-electron chi connectivity index (χ2n) is 20.7. The fourth-order valence-electron chi connectivity index (χ4n) is 9.65. The maximum Gasteiger partial charge on any atom is 0.148 e. The van der Waals surface area contributed by atoms with Gasteiger partial charge in [0.15, 0.2) is 0 Å². The largest absolute Gasteiger partial charge is 0.507 e. The molecule has 1 N–H and O–H groups in total. The zero-order chi connectivity index (χ0) is 58.3. The molecule has 366 valence electrons. The van der Waals surface area contributed by atoms with Gasteiger partial charge in [-0.15, -0.1) is 29.3 Å². The Kier molecular flexibility index (Phi) is 11.8. The predicted molar refractivity (Wildman–Crippen MR) is 294 cm³/mol. The summed E-state index contributed by atoms with van der Waals surface area (Å²) in [6, 6.07) is 30.3. The third kappa shape index (κ3) is 9.75. The molecule has 0 unspecified atom stereocenters. The fraction of sp³-hybridized carbons (Fsp3) is 0.354. The molecule has 2 aromatic heterocycles. The van der Waals surface area contributed by atoms with E-state index in [1.807, 2.05) is 48.5 Å². The first kappa shape index (κ1) is 40.1. The normalized spacial score (nSPS) is 14.8. The summed E-state index contributed by atoms with van der Waals surface area (Å²) in [7, 11) is 0.